The molecular formula is C19H29N. The quantitative estimate of drug-likeness (QED) is 0.737. The van der Waals surface area contributed by atoms with Crippen molar-refractivity contribution >= 4 is 0 Å². The van der Waals surface area contributed by atoms with Gasteiger partial charge in [-0.3, -0.25) is 0 Å². The molecule has 110 valence electrons. The van der Waals surface area contributed by atoms with Gasteiger partial charge in [0.2, 0.25) is 0 Å². The molecule has 0 bridgehead atoms. The zero-order valence-electron chi connectivity index (χ0n) is 13.8. The Morgan fingerprint density at radius 1 is 1.25 bits per heavy atom. The average Bonchev–Trinajstić information content (AvgIpc) is 2.35. The van der Waals surface area contributed by atoms with Crippen molar-refractivity contribution in [3.63, 3.8) is 0 Å². The predicted octanol–water partition coefficient (Wildman–Crippen LogP) is 5.12. The van der Waals surface area contributed by atoms with Crippen LogP contribution in [0.1, 0.15) is 63.6 Å². The van der Waals surface area contributed by atoms with Crippen molar-refractivity contribution in [2.24, 2.45) is 5.41 Å². The molecule has 1 heteroatoms. The number of hydrogen-bond acceptors (Lipinski definition) is 1. The van der Waals surface area contributed by atoms with Gasteiger partial charge in [-0.25, -0.2) is 0 Å². The largest absolute Gasteiger partial charge is 0.371 e. The zero-order chi connectivity index (χ0) is 14.9. The van der Waals surface area contributed by atoms with Crippen LogP contribution in [0.25, 0.3) is 0 Å². The summed E-state index contributed by atoms with van der Waals surface area (Å²) in [5.74, 6) is 0.605. The summed E-state index contributed by atoms with van der Waals surface area (Å²) < 4.78 is 0. The van der Waals surface area contributed by atoms with Crippen LogP contribution in [0.3, 0.4) is 0 Å². The van der Waals surface area contributed by atoms with Gasteiger partial charge < -0.3 is 4.90 Å². The molecule has 1 aliphatic heterocycles. The maximum absolute atomic E-state index is 4.32. The summed E-state index contributed by atoms with van der Waals surface area (Å²) in [6.07, 6.45) is 2.23. The third-order valence-electron chi connectivity index (χ3n) is 4.09. The van der Waals surface area contributed by atoms with Crippen molar-refractivity contribution in [2.75, 3.05) is 6.54 Å². The number of fused-ring (bicyclic) bond motifs is 1. The Labute approximate surface area is 124 Å². The molecule has 1 aromatic rings. The standard InChI is InChI=1S/C19H29N/c1-14(2)17-8-7-16-9-10-20(13-18(16)11-17)15(3)12-19(4,5)6/h7-8,11,14H,3,9-10,12-13H2,1-2,4-6H3. The summed E-state index contributed by atoms with van der Waals surface area (Å²) in [5, 5.41) is 0. The van der Waals surface area contributed by atoms with E-state index in [9.17, 15) is 0 Å². The summed E-state index contributed by atoms with van der Waals surface area (Å²) in [4.78, 5) is 2.47. The number of hydrogen-bond donors (Lipinski definition) is 0. The molecule has 1 aromatic carbocycles. The highest BCUT2D eigenvalue weighted by Crippen LogP contribution is 2.30. The molecule has 0 unspecified atom stereocenters. The molecule has 2 rings (SSSR count). The molecule has 0 N–H and O–H groups in total. The Morgan fingerprint density at radius 2 is 1.95 bits per heavy atom. The zero-order valence-corrected chi connectivity index (χ0v) is 13.8. The minimum absolute atomic E-state index is 0.317. The van der Waals surface area contributed by atoms with Gasteiger partial charge in [0, 0.05) is 18.8 Å². The highest BCUT2D eigenvalue weighted by Gasteiger charge is 2.21. The fourth-order valence-corrected chi connectivity index (χ4v) is 2.93. The van der Waals surface area contributed by atoms with E-state index in [1.54, 1.807) is 0 Å². The van der Waals surface area contributed by atoms with Gasteiger partial charge in [-0.05, 0) is 40.9 Å². The number of rotatable bonds is 3. The number of benzene rings is 1. The lowest BCUT2D eigenvalue weighted by atomic mass is 9.89. The van der Waals surface area contributed by atoms with Crippen LogP contribution in [0.15, 0.2) is 30.5 Å². The fourth-order valence-electron chi connectivity index (χ4n) is 2.93. The summed E-state index contributed by atoms with van der Waals surface area (Å²) in [7, 11) is 0. The minimum atomic E-state index is 0.317. The maximum atomic E-state index is 4.32. The minimum Gasteiger partial charge on any atom is -0.371 e. The van der Waals surface area contributed by atoms with Crippen LogP contribution in [-0.4, -0.2) is 11.4 Å². The monoisotopic (exact) mass is 271 g/mol. The summed E-state index contributed by atoms with van der Waals surface area (Å²) in [6.45, 7) is 17.9. The van der Waals surface area contributed by atoms with Crippen LogP contribution < -0.4 is 0 Å². The molecule has 0 spiro atoms. The number of allylic oxidation sites excluding steroid dienone is 1. The summed E-state index contributed by atoms with van der Waals surface area (Å²) >= 11 is 0. The van der Waals surface area contributed by atoms with E-state index in [4.69, 9.17) is 0 Å². The lowest BCUT2D eigenvalue weighted by molar-refractivity contribution is 0.274. The van der Waals surface area contributed by atoms with Crippen LogP contribution in [0, 0.1) is 5.41 Å². The third kappa shape index (κ3) is 3.65. The molecule has 0 radical (unpaired) electrons. The second kappa shape index (κ2) is 5.63. The van der Waals surface area contributed by atoms with Gasteiger partial charge >= 0.3 is 0 Å². The Kier molecular flexibility index (Phi) is 4.27. The molecule has 0 aliphatic carbocycles. The Morgan fingerprint density at radius 3 is 2.55 bits per heavy atom. The SMILES string of the molecule is C=C(CC(C)(C)C)N1CCc2ccc(C(C)C)cc2C1. The van der Waals surface area contributed by atoms with Gasteiger partial charge in [-0.15, -0.1) is 0 Å². The first kappa shape index (κ1) is 15.2. The highest BCUT2D eigenvalue weighted by molar-refractivity contribution is 5.35. The molecular weight excluding hydrogens is 242 g/mol. The fraction of sp³-hybridized carbons (Fsp3) is 0.579. The third-order valence-corrected chi connectivity index (χ3v) is 4.09. The van der Waals surface area contributed by atoms with E-state index in [1.807, 2.05) is 0 Å². The second-order valence-electron chi connectivity index (χ2n) is 7.66. The molecule has 1 aliphatic rings. The molecule has 0 atom stereocenters. The van der Waals surface area contributed by atoms with Gasteiger partial charge in [0.1, 0.15) is 0 Å². The number of nitrogens with zero attached hydrogens (tertiary/aromatic N) is 1. The first-order chi connectivity index (χ1) is 9.26. The molecule has 1 heterocycles. The summed E-state index contributed by atoms with van der Waals surface area (Å²) in [6, 6.07) is 7.02. The molecule has 20 heavy (non-hydrogen) atoms. The first-order valence-electron chi connectivity index (χ1n) is 7.81. The lowest BCUT2D eigenvalue weighted by Crippen LogP contribution is -2.31. The Hall–Kier alpha value is -1.24. The topological polar surface area (TPSA) is 3.24 Å². The van der Waals surface area contributed by atoms with Gasteiger partial charge in [0.15, 0.2) is 0 Å². The van der Waals surface area contributed by atoms with Gasteiger partial charge in [0.25, 0.3) is 0 Å². The van der Waals surface area contributed by atoms with Gasteiger partial charge in [-0.2, -0.15) is 0 Å². The second-order valence-corrected chi connectivity index (χ2v) is 7.66. The van der Waals surface area contributed by atoms with Crippen molar-refractivity contribution in [2.45, 2.75) is 59.9 Å². The van der Waals surface area contributed by atoms with Crippen molar-refractivity contribution in [1.29, 1.82) is 0 Å². The van der Waals surface area contributed by atoms with E-state index >= 15 is 0 Å². The van der Waals surface area contributed by atoms with Crippen LogP contribution in [0.4, 0.5) is 0 Å². The molecule has 1 nitrogen and oxygen atoms in total. The normalized spacial score (nSPS) is 15.4. The van der Waals surface area contributed by atoms with Crippen LogP contribution in [0.5, 0.6) is 0 Å². The van der Waals surface area contributed by atoms with Crippen molar-refractivity contribution in [3.05, 3.63) is 47.2 Å². The van der Waals surface area contributed by atoms with Gasteiger partial charge in [-0.1, -0.05) is 59.4 Å². The Balaban J connectivity index is 2.13. The predicted molar refractivity (Wildman–Crippen MR) is 87.9 cm³/mol. The maximum Gasteiger partial charge on any atom is 0.0429 e. The van der Waals surface area contributed by atoms with E-state index in [1.165, 1.54) is 22.4 Å². The van der Waals surface area contributed by atoms with E-state index in [0.717, 1.165) is 25.9 Å². The molecule has 0 amide bonds. The van der Waals surface area contributed by atoms with Gasteiger partial charge in [0.05, 0.1) is 0 Å². The first-order valence-corrected chi connectivity index (χ1v) is 7.81. The smallest absolute Gasteiger partial charge is 0.0429 e. The van der Waals surface area contributed by atoms with E-state index in [-0.39, 0.29) is 0 Å². The van der Waals surface area contributed by atoms with E-state index in [2.05, 4.69) is 64.3 Å². The van der Waals surface area contributed by atoms with Crippen molar-refractivity contribution in [1.82, 2.24) is 4.90 Å². The average molecular weight is 271 g/mol. The van der Waals surface area contributed by atoms with E-state index < -0.39 is 0 Å². The van der Waals surface area contributed by atoms with Crippen molar-refractivity contribution in [3.8, 4) is 0 Å². The van der Waals surface area contributed by atoms with Crippen molar-refractivity contribution < 1.29 is 0 Å². The molecule has 0 saturated heterocycles. The van der Waals surface area contributed by atoms with Crippen LogP contribution >= 0.6 is 0 Å². The lowest BCUT2D eigenvalue weighted by Gasteiger charge is -2.35. The molecule has 0 fully saturated rings. The van der Waals surface area contributed by atoms with Crippen LogP contribution in [0.2, 0.25) is 0 Å². The molecule has 0 aromatic heterocycles. The molecule has 0 saturated carbocycles. The summed E-state index contributed by atoms with van der Waals surface area (Å²) in [5.41, 5.74) is 6.08. The Bertz CT molecular complexity index is 491. The van der Waals surface area contributed by atoms with Crippen LogP contribution in [-0.2, 0) is 13.0 Å². The highest BCUT2D eigenvalue weighted by atomic mass is 15.1. The van der Waals surface area contributed by atoms with E-state index in [0.29, 0.717) is 11.3 Å².